The van der Waals surface area contributed by atoms with E-state index in [2.05, 4.69) is 4.98 Å². The van der Waals surface area contributed by atoms with Crippen molar-refractivity contribution in [1.82, 2.24) is 9.55 Å². The summed E-state index contributed by atoms with van der Waals surface area (Å²) in [6, 6.07) is 0. The third kappa shape index (κ3) is 3.34. The number of unbranched alkanes of at least 4 members (excludes halogenated alkanes) is 1. The van der Waals surface area contributed by atoms with Crippen LogP contribution in [-0.2, 0) is 16.9 Å². The van der Waals surface area contributed by atoms with E-state index in [0.717, 1.165) is 13.3 Å². The summed E-state index contributed by atoms with van der Waals surface area (Å²) in [6.07, 6.45) is -1.94. The number of aliphatic hydroxyl groups is 1. The van der Waals surface area contributed by atoms with Crippen LogP contribution in [0.4, 0.5) is 13.2 Å². The minimum atomic E-state index is -4.95. The zero-order chi connectivity index (χ0) is 14.7. The number of ketones is 1. The predicted molar refractivity (Wildman–Crippen MR) is 62.4 cm³/mol. The summed E-state index contributed by atoms with van der Waals surface area (Å²) in [5.41, 5.74) is -3.23. The largest absolute Gasteiger partial charge is 0.424 e. The van der Waals surface area contributed by atoms with Gasteiger partial charge in [0.15, 0.2) is 5.82 Å². The van der Waals surface area contributed by atoms with Gasteiger partial charge < -0.3 is 9.67 Å². The summed E-state index contributed by atoms with van der Waals surface area (Å²) in [5.74, 6) is -1.27. The molecule has 7 heteroatoms. The fourth-order valence-corrected chi connectivity index (χ4v) is 1.85. The quantitative estimate of drug-likeness (QED) is 0.869. The first kappa shape index (κ1) is 15.7. The van der Waals surface area contributed by atoms with E-state index in [1.165, 1.54) is 17.0 Å². The molecule has 1 heterocycles. The van der Waals surface area contributed by atoms with Gasteiger partial charge >= 0.3 is 6.18 Å². The summed E-state index contributed by atoms with van der Waals surface area (Å²) in [6.45, 7) is 3.24. The van der Waals surface area contributed by atoms with E-state index in [4.69, 9.17) is 0 Å². The molecule has 0 fully saturated rings. The molecule has 0 spiro atoms. The maximum Gasteiger partial charge on any atom is 0.424 e. The van der Waals surface area contributed by atoms with Crippen LogP contribution in [0.5, 0.6) is 0 Å². The highest BCUT2D eigenvalue weighted by Gasteiger charge is 2.58. The monoisotopic (exact) mass is 278 g/mol. The average molecular weight is 278 g/mol. The summed E-state index contributed by atoms with van der Waals surface area (Å²) in [5, 5.41) is 9.93. The molecule has 0 aliphatic rings. The van der Waals surface area contributed by atoms with E-state index in [-0.39, 0.29) is 0 Å². The molecule has 4 nitrogen and oxygen atoms in total. The van der Waals surface area contributed by atoms with Crippen LogP contribution in [0.25, 0.3) is 0 Å². The first-order valence-corrected chi connectivity index (χ1v) is 6.02. The molecular formula is C12H17F3N2O2. The smallest absolute Gasteiger partial charge is 0.374 e. The number of aromatic nitrogens is 2. The van der Waals surface area contributed by atoms with Crippen molar-refractivity contribution in [2.45, 2.75) is 51.4 Å². The lowest BCUT2D eigenvalue weighted by molar-refractivity contribution is -0.270. The standard InChI is InChI=1S/C12H17F3N2O2/c1-3-4-6-17-7-5-16-10(17)11(19,8-9(2)18)12(13,14)15/h5,7,19H,3-4,6,8H2,1-2H3. The van der Waals surface area contributed by atoms with Crippen LogP contribution < -0.4 is 0 Å². The summed E-state index contributed by atoms with van der Waals surface area (Å²) >= 11 is 0. The third-order valence-corrected chi connectivity index (χ3v) is 2.81. The van der Waals surface area contributed by atoms with Crippen LogP contribution in [0, 0.1) is 0 Å². The molecule has 1 rings (SSSR count). The van der Waals surface area contributed by atoms with E-state index in [0.29, 0.717) is 13.0 Å². The van der Waals surface area contributed by atoms with E-state index in [1.807, 2.05) is 6.92 Å². The number of rotatable bonds is 6. The zero-order valence-electron chi connectivity index (χ0n) is 10.9. The molecule has 0 amide bonds. The highest BCUT2D eigenvalue weighted by Crippen LogP contribution is 2.41. The Labute approximate surface area is 109 Å². The molecular weight excluding hydrogens is 261 g/mol. The van der Waals surface area contributed by atoms with E-state index >= 15 is 0 Å². The number of carbonyl (C=O) groups is 1. The molecule has 1 aromatic rings. The van der Waals surface area contributed by atoms with Crippen molar-refractivity contribution in [2.75, 3.05) is 0 Å². The molecule has 0 saturated carbocycles. The third-order valence-electron chi connectivity index (χ3n) is 2.81. The second kappa shape index (κ2) is 5.73. The van der Waals surface area contributed by atoms with E-state index in [1.54, 1.807) is 0 Å². The normalized spacial score (nSPS) is 15.3. The maximum atomic E-state index is 13.1. The molecule has 0 bridgehead atoms. The number of halogens is 3. The molecule has 1 N–H and O–H groups in total. The molecule has 0 aromatic carbocycles. The Hall–Kier alpha value is -1.37. The van der Waals surface area contributed by atoms with Crippen LogP contribution in [0.1, 0.15) is 38.9 Å². The molecule has 1 aromatic heterocycles. The lowest BCUT2D eigenvalue weighted by Gasteiger charge is -2.29. The van der Waals surface area contributed by atoms with Gasteiger partial charge in [0.05, 0.1) is 6.42 Å². The second-order valence-corrected chi connectivity index (χ2v) is 4.53. The van der Waals surface area contributed by atoms with Crippen molar-refractivity contribution in [3.63, 3.8) is 0 Å². The first-order valence-electron chi connectivity index (χ1n) is 6.02. The molecule has 19 heavy (non-hydrogen) atoms. The zero-order valence-corrected chi connectivity index (χ0v) is 10.9. The summed E-state index contributed by atoms with van der Waals surface area (Å²) in [7, 11) is 0. The van der Waals surface area contributed by atoms with Gasteiger partial charge in [-0.3, -0.25) is 4.79 Å². The van der Waals surface area contributed by atoms with Gasteiger partial charge in [-0.1, -0.05) is 13.3 Å². The minimum Gasteiger partial charge on any atom is -0.374 e. The van der Waals surface area contributed by atoms with E-state index in [9.17, 15) is 23.1 Å². The molecule has 1 unspecified atom stereocenters. The van der Waals surface area contributed by atoms with E-state index < -0.39 is 29.8 Å². The Bertz CT molecular complexity index is 442. The Morgan fingerprint density at radius 1 is 1.47 bits per heavy atom. The fraction of sp³-hybridized carbons (Fsp3) is 0.667. The predicted octanol–water partition coefficient (Wildman–Crippen LogP) is 2.41. The van der Waals surface area contributed by atoms with Crippen LogP contribution in [0.2, 0.25) is 0 Å². The lowest BCUT2D eigenvalue weighted by atomic mass is 9.95. The van der Waals surface area contributed by atoms with Crippen molar-refractivity contribution >= 4 is 5.78 Å². The van der Waals surface area contributed by atoms with Gasteiger partial charge in [0.2, 0.25) is 5.60 Å². The number of hydrogen-bond acceptors (Lipinski definition) is 3. The van der Waals surface area contributed by atoms with Crippen molar-refractivity contribution in [3.05, 3.63) is 18.2 Å². The van der Waals surface area contributed by atoms with Crippen LogP contribution in [0.15, 0.2) is 12.4 Å². The Morgan fingerprint density at radius 2 is 2.11 bits per heavy atom. The molecule has 0 aliphatic carbocycles. The maximum absolute atomic E-state index is 13.1. The number of Topliss-reactive ketones (excluding diaryl/α,β-unsaturated/α-hetero) is 1. The highest BCUT2D eigenvalue weighted by molar-refractivity contribution is 5.76. The highest BCUT2D eigenvalue weighted by atomic mass is 19.4. The number of alkyl halides is 3. The second-order valence-electron chi connectivity index (χ2n) is 4.53. The van der Waals surface area contributed by atoms with Crippen molar-refractivity contribution in [3.8, 4) is 0 Å². The molecule has 0 aliphatic heterocycles. The van der Waals surface area contributed by atoms with Gasteiger partial charge in [-0.05, 0) is 13.3 Å². The molecule has 0 saturated heterocycles. The molecule has 108 valence electrons. The number of carbonyl (C=O) groups excluding carboxylic acids is 1. The van der Waals surface area contributed by atoms with Crippen LogP contribution >= 0.6 is 0 Å². The molecule has 0 radical (unpaired) electrons. The lowest BCUT2D eigenvalue weighted by Crippen LogP contribution is -2.46. The fourth-order valence-electron chi connectivity index (χ4n) is 1.85. The topological polar surface area (TPSA) is 55.1 Å². The van der Waals surface area contributed by atoms with Crippen LogP contribution in [0.3, 0.4) is 0 Å². The first-order chi connectivity index (χ1) is 8.72. The molecule has 1 atom stereocenters. The van der Waals surface area contributed by atoms with Gasteiger partial charge in [0.1, 0.15) is 5.78 Å². The number of nitrogens with zero attached hydrogens (tertiary/aromatic N) is 2. The van der Waals surface area contributed by atoms with Crippen molar-refractivity contribution in [1.29, 1.82) is 0 Å². The average Bonchev–Trinajstić information content (AvgIpc) is 2.72. The van der Waals surface area contributed by atoms with Gasteiger partial charge in [0, 0.05) is 18.9 Å². The van der Waals surface area contributed by atoms with Gasteiger partial charge in [-0.25, -0.2) is 4.98 Å². The van der Waals surface area contributed by atoms with Crippen LogP contribution in [-0.4, -0.2) is 26.6 Å². The van der Waals surface area contributed by atoms with Crippen molar-refractivity contribution in [2.24, 2.45) is 0 Å². The summed E-state index contributed by atoms with van der Waals surface area (Å²) < 4.78 is 40.5. The Morgan fingerprint density at radius 3 is 2.58 bits per heavy atom. The van der Waals surface area contributed by atoms with Crippen molar-refractivity contribution < 1.29 is 23.1 Å². The minimum absolute atomic E-state index is 0.322. The Balaban J connectivity index is 3.18. The number of imidazole rings is 1. The Kier molecular flexibility index (Phi) is 4.73. The number of aryl methyl sites for hydroxylation is 1. The van der Waals surface area contributed by atoms with Gasteiger partial charge in [-0.2, -0.15) is 13.2 Å². The number of hydrogen-bond donors (Lipinski definition) is 1. The SMILES string of the molecule is CCCCn1ccnc1C(O)(CC(C)=O)C(F)(F)F. The summed E-state index contributed by atoms with van der Waals surface area (Å²) in [4.78, 5) is 14.6. The van der Waals surface area contributed by atoms with Gasteiger partial charge in [0.25, 0.3) is 0 Å². The van der Waals surface area contributed by atoms with Gasteiger partial charge in [-0.15, -0.1) is 0 Å².